The quantitative estimate of drug-likeness (QED) is 0.0571. The van der Waals surface area contributed by atoms with E-state index in [1.165, 1.54) is 24.3 Å². The molecule has 40 heavy (non-hydrogen) atoms. The van der Waals surface area contributed by atoms with E-state index in [0.717, 1.165) is 30.0 Å². The average Bonchev–Trinajstić information content (AvgIpc) is 3.66. The topological polar surface area (TPSA) is 213 Å². The molecule has 0 radical (unpaired) electrons. The Balaban J connectivity index is 1.17. The Morgan fingerprint density at radius 3 is 2.95 bits per heavy atom. The third-order valence-electron chi connectivity index (χ3n) is 6.84. The van der Waals surface area contributed by atoms with Crippen molar-refractivity contribution >= 4 is 52.2 Å². The Morgan fingerprint density at radius 2 is 2.17 bits per heavy atom. The number of H-pyrrole nitrogens is 1. The lowest BCUT2D eigenvalue weighted by Crippen LogP contribution is -2.23. The number of nitrogens with zero attached hydrogens (tertiary/aromatic N) is 6. The zero-order chi connectivity index (χ0) is 28.2. The second kappa shape index (κ2) is 12.8. The minimum atomic E-state index is -0.977. The van der Waals surface area contributed by atoms with Gasteiger partial charge in [-0.05, 0) is 31.0 Å². The van der Waals surface area contributed by atoms with Gasteiger partial charge in [0.1, 0.15) is 24.0 Å². The lowest BCUT2D eigenvalue weighted by Gasteiger charge is -2.22. The van der Waals surface area contributed by atoms with Crippen LogP contribution in [0, 0.1) is 5.92 Å². The van der Waals surface area contributed by atoms with Crippen LogP contribution >= 0.6 is 18.3 Å². The molecule has 18 heteroatoms. The summed E-state index contributed by atoms with van der Waals surface area (Å²) < 4.78 is 26.5. The van der Waals surface area contributed by atoms with Gasteiger partial charge in [0.2, 0.25) is 5.95 Å². The molecule has 1 aliphatic heterocycles. The number of hydrogen-bond acceptors (Lipinski definition) is 13. The maximum absolute atomic E-state index is 12.1. The maximum Gasteiger partial charge on any atom is 0.280 e. The van der Waals surface area contributed by atoms with E-state index in [1.807, 2.05) is 16.8 Å². The molecule has 4 aromatic heterocycles. The van der Waals surface area contributed by atoms with Gasteiger partial charge in [-0.2, -0.15) is 4.98 Å². The molecule has 1 saturated heterocycles. The van der Waals surface area contributed by atoms with Crippen LogP contribution in [-0.4, -0.2) is 71.6 Å². The third kappa shape index (κ3) is 5.94. The molecule has 1 aliphatic rings. The van der Waals surface area contributed by atoms with Crippen LogP contribution in [-0.2, 0) is 23.4 Å². The lowest BCUT2D eigenvalue weighted by molar-refractivity contribution is -0.310. The van der Waals surface area contributed by atoms with Gasteiger partial charge in [-0.3, -0.25) is 14.3 Å². The summed E-state index contributed by atoms with van der Waals surface area (Å²) in [4.78, 5) is 35.7. The fourth-order valence-corrected chi connectivity index (χ4v) is 6.04. The fourth-order valence-electron chi connectivity index (χ4n) is 4.87. The SMILES string of the molecule is COC(C[C@@H](OO)n1cnc2c(=O)[nH]c(N)nc21)OPCC[C@H]1C[C@H](n2ccc3c(N)ncnc32)O[C@@H]1COP. The summed E-state index contributed by atoms with van der Waals surface area (Å²) >= 11 is 0. The number of methoxy groups -OCH3 is 1. The number of aromatic nitrogens is 7. The van der Waals surface area contributed by atoms with Gasteiger partial charge in [0.05, 0.1) is 24.4 Å². The second-order valence-corrected chi connectivity index (χ2v) is 10.6. The monoisotopic (exact) mass is 595 g/mol. The molecule has 5 heterocycles. The number of nitrogens with one attached hydrogen (secondary N) is 1. The molecular weight excluding hydrogens is 564 g/mol. The van der Waals surface area contributed by atoms with Crippen LogP contribution in [0.5, 0.6) is 0 Å². The van der Waals surface area contributed by atoms with E-state index in [-0.39, 0.29) is 50.6 Å². The molecule has 4 aromatic rings. The Kier molecular flexibility index (Phi) is 9.18. The summed E-state index contributed by atoms with van der Waals surface area (Å²) in [6, 6.07) is 1.89. The van der Waals surface area contributed by atoms with Crippen molar-refractivity contribution in [1.82, 2.24) is 34.1 Å². The van der Waals surface area contributed by atoms with E-state index in [1.54, 1.807) is 0 Å². The minimum absolute atomic E-state index is 0.0675. The largest absolute Gasteiger partial charge is 0.383 e. The molecule has 216 valence electrons. The fraction of sp³-hybridized carbons (Fsp3) is 0.500. The van der Waals surface area contributed by atoms with E-state index < -0.39 is 18.1 Å². The average molecular weight is 595 g/mol. The second-order valence-electron chi connectivity index (χ2n) is 9.21. The van der Waals surface area contributed by atoms with E-state index in [2.05, 4.69) is 39.3 Å². The number of nitrogen functional groups attached to an aromatic ring is 2. The summed E-state index contributed by atoms with van der Waals surface area (Å²) in [6.07, 6.45) is 5.16. The van der Waals surface area contributed by atoms with Crippen LogP contribution in [0.25, 0.3) is 22.2 Å². The summed E-state index contributed by atoms with van der Waals surface area (Å²) in [5, 5.41) is 10.4. The van der Waals surface area contributed by atoms with E-state index in [4.69, 9.17) is 30.0 Å². The Hall–Kier alpha value is -2.81. The van der Waals surface area contributed by atoms with Gasteiger partial charge in [0.25, 0.3) is 5.56 Å². The first-order chi connectivity index (χ1) is 19.4. The standard InChI is InChI=1S/C22H31N9O7P2/c1-34-16(7-15(37-33)31-10-27-17-20(31)28-22(24)29-21(17)32)38-40-5-3-11-6-14(36-13(11)8-35-39)30-4-2-12-18(23)25-9-26-19(12)30/h2,4,9-11,13-16,33,40H,3,5-8,39H2,1H3,(H2,23,25,26)(H3,24,28,29,32)/t11-,13+,14+,15+,16?/m0/s1. The van der Waals surface area contributed by atoms with Crippen molar-refractivity contribution in [3.63, 3.8) is 0 Å². The summed E-state index contributed by atoms with van der Waals surface area (Å²) in [5.41, 5.74) is 12.1. The van der Waals surface area contributed by atoms with Gasteiger partial charge in [-0.15, -0.1) is 0 Å². The highest BCUT2D eigenvalue weighted by atomic mass is 31.1. The highest BCUT2D eigenvalue weighted by Gasteiger charge is 2.36. The molecule has 0 amide bonds. The van der Waals surface area contributed by atoms with Crippen LogP contribution < -0.4 is 17.0 Å². The van der Waals surface area contributed by atoms with Crippen molar-refractivity contribution in [1.29, 1.82) is 0 Å². The molecule has 7 atom stereocenters. The highest BCUT2D eigenvalue weighted by Crippen LogP contribution is 2.39. The van der Waals surface area contributed by atoms with Crippen LogP contribution in [0.4, 0.5) is 11.8 Å². The Labute approximate surface area is 231 Å². The van der Waals surface area contributed by atoms with Gasteiger partial charge < -0.3 is 34.6 Å². The van der Waals surface area contributed by atoms with Crippen LogP contribution in [0.3, 0.4) is 0 Å². The lowest BCUT2D eigenvalue weighted by atomic mass is 9.98. The van der Waals surface area contributed by atoms with Crippen LogP contribution in [0.1, 0.15) is 31.7 Å². The number of nitrogens with two attached hydrogens (primary N) is 2. The number of rotatable bonds is 13. The molecule has 6 N–H and O–H groups in total. The van der Waals surface area contributed by atoms with E-state index in [9.17, 15) is 10.1 Å². The molecule has 1 fully saturated rings. The Bertz CT molecular complexity index is 1500. The molecular formula is C22H31N9O7P2. The number of ether oxygens (including phenoxy) is 2. The zero-order valence-corrected chi connectivity index (χ0v) is 23.7. The molecule has 0 saturated carbocycles. The van der Waals surface area contributed by atoms with Crippen molar-refractivity contribution < 1.29 is 28.7 Å². The molecule has 0 aliphatic carbocycles. The number of anilines is 2. The van der Waals surface area contributed by atoms with Gasteiger partial charge in [-0.25, -0.2) is 25.1 Å². The predicted molar refractivity (Wildman–Crippen MR) is 149 cm³/mol. The third-order valence-corrected chi connectivity index (χ3v) is 7.96. The summed E-state index contributed by atoms with van der Waals surface area (Å²) in [7, 11) is 3.88. The van der Waals surface area contributed by atoms with Crippen LogP contribution in [0.2, 0.25) is 0 Å². The number of fused-ring (bicyclic) bond motifs is 2. The summed E-state index contributed by atoms with van der Waals surface area (Å²) in [5.74, 6) is 0.570. The van der Waals surface area contributed by atoms with Gasteiger partial charge in [0.15, 0.2) is 23.7 Å². The zero-order valence-electron chi connectivity index (χ0n) is 21.5. The number of imidazole rings is 1. The first kappa shape index (κ1) is 28.7. The molecule has 0 bridgehead atoms. The predicted octanol–water partition coefficient (Wildman–Crippen LogP) is 1.79. The highest BCUT2D eigenvalue weighted by molar-refractivity contribution is 7.32. The van der Waals surface area contributed by atoms with Crippen LogP contribution in [0.15, 0.2) is 29.7 Å². The normalized spacial score (nSPS) is 21.2. The van der Waals surface area contributed by atoms with Crippen molar-refractivity contribution in [2.75, 3.05) is 31.3 Å². The first-order valence-electron chi connectivity index (χ1n) is 12.4. The molecule has 0 spiro atoms. The number of aromatic amines is 1. The van der Waals surface area contributed by atoms with Crippen molar-refractivity contribution in [3.8, 4) is 0 Å². The van der Waals surface area contributed by atoms with E-state index >= 15 is 0 Å². The maximum atomic E-state index is 12.1. The van der Waals surface area contributed by atoms with E-state index in [0.29, 0.717) is 12.4 Å². The van der Waals surface area contributed by atoms with Crippen molar-refractivity contribution in [2.24, 2.45) is 5.92 Å². The Morgan fingerprint density at radius 1 is 1.32 bits per heavy atom. The first-order valence-corrected chi connectivity index (χ1v) is 14.0. The van der Waals surface area contributed by atoms with Gasteiger partial charge >= 0.3 is 0 Å². The molecule has 3 unspecified atom stereocenters. The molecule has 5 rings (SSSR count). The molecule has 0 aromatic carbocycles. The van der Waals surface area contributed by atoms with Gasteiger partial charge in [0, 0.05) is 38.0 Å². The minimum Gasteiger partial charge on any atom is -0.383 e. The smallest absolute Gasteiger partial charge is 0.280 e. The van der Waals surface area contributed by atoms with Crippen molar-refractivity contribution in [2.45, 2.75) is 44.1 Å². The molecule has 16 nitrogen and oxygen atoms in total. The van der Waals surface area contributed by atoms with Gasteiger partial charge in [-0.1, -0.05) is 0 Å². The van der Waals surface area contributed by atoms with Crippen molar-refractivity contribution in [3.05, 3.63) is 35.3 Å². The number of hydrogen-bond donors (Lipinski definition) is 4. The summed E-state index contributed by atoms with van der Waals surface area (Å²) in [6.45, 7) is 0.433.